The Labute approximate surface area is 157 Å². The number of rotatable bonds is 2. The maximum atomic E-state index is 5.70. The van der Waals surface area contributed by atoms with E-state index < -0.39 is 0 Å². The number of ether oxygens (including phenoxy) is 4. The van der Waals surface area contributed by atoms with Crippen LogP contribution in [-0.4, -0.2) is 21.0 Å². The zero-order chi connectivity index (χ0) is 17.0. The maximum Gasteiger partial charge on any atom is 0.231 e. The highest BCUT2D eigenvalue weighted by atomic mass is 35.5. The Morgan fingerprint density at radius 2 is 1.73 bits per heavy atom. The summed E-state index contributed by atoms with van der Waals surface area (Å²) in [6.07, 6.45) is 3.11. The van der Waals surface area contributed by atoms with Crippen LogP contribution in [0, 0.1) is 0 Å². The second kappa shape index (κ2) is 6.25. The third-order valence-corrected chi connectivity index (χ3v) is 5.01. The predicted octanol–water partition coefficient (Wildman–Crippen LogP) is 0.100. The summed E-state index contributed by atoms with van der Waals surface area (Å²) in [4.78, 5) is 0. The number of fused-ring (bicyclic) bond motifs is 6. The van der Waals surface area contributed by atoms with Crippen molar-refractivity contribution in [2.75, 3.05) is 21.0 Å². The molecule has 0 radical (unpaired) electrons. The fourth-order valence-electron chi connectivity index (χ4n) is 3.78. The minimum absolute atomic E-state index is 0. The van der Waals surface area contributed by atoms with Gasteiger partial charge in [0, 0.05) is 23.4 Å². The van der Waals surface area contributed by atoms with Gasteiger partial charge in [0.1, 0.15) is 0 Å². The molecule has 134 valence electrons. The summed E-state index contributed by atoms with van der Waals surface area (Å²) in [6.45, 7) is 1.22. The van der Waals surface area contributed by atoms with Gasteiger partial charge in [0.05, 0.1) is 19.8 Å². The molecule has 5 rings (SSSR count). The van der Waals surface area contributed by atoms with Gasteiger partial charge < -0.3 is 31.4 Å². The SMILES string of the molecule is COc1cc2cc3[n+](cc2cc1OC)CCc1c-3ccc2c1OCO2.[Cl-]. The molecular formula is C20H18ClNO4. The van der Waals surface area contributed by atoms with Gasteiger partial charge in [-0.25, -0.2) is 0 Å². The summed E-state index contributed by atoms with van der Waals surface area (Å²) in [6, 6.07) is 10.4. The van der Waals surface area contributed by atoms with Crippen molar-refractivity contribution in [1.29, 1.82) is 0 Å². The van der Waals surface area contributed by atoms with Crippen LogP contribution >= 0.6 is 0 Å². The minimum Gasteiger partial charge on any atom is -1.00 e. The number of nitrogens with zero attached hydrogens (tertiary/aromatic N) is 1. The predicted molar refractivity (Wildman–Crippen MR) is 92.5 cm³/mol. The first-order valence-corrected chi connectivity index (χ1v) is 8.29. The smallest absolute Gasteiger partial charge is 0.231 e. The first-order chi connectivity index (χ1) is 12.3. The second-order valence-electron chi connectivity index (χ2n) is 6.26. The number of pyridine rings is 1. The van der Waals surface area contributed by atoms with E-state index in [-0.39, 0.29) is 12.4 Å². The van der Waals surface area contributed by atoms with E-state index in [1.807, 2.05) is 18.2 Å². The number of halogens is 1. The summed E-state index contributed by atoms with van der Waals surface area (Å²) in [5, 5.41) is 2.25. The Hall–Kier alpha value is -2.66. The van der Waals surface area contributed by atoms with Crippen LogP contribution < -0.4 is 35.9 Å². The molecule has 26 heavy (non-hydrogen) atoms. The van der Waals surface area contributed by atoms with E-state index in [4.69, 9.17) is 18.9 Å². The number of benzene rings is 2. The Kier molecular flexibility index (Phi) is 4.04. The van der Waals surface area contributed by atoms with E-state index in [2.05, 4.69) is 22.9 Å². The monoisotopic (exact) mass is 371 g/mol. The standard InChI is InChI=1S/C20H18NO4.ClH/c1-22-18-8-12-7-16-14-3-4-17-20(25-11-24-17)15(14)5-6-21(16)10-13(12)9-19(18)23-2;/h3-4,7-10H,5-6,11H2,1-2H3;1H/q+1;/p-1. The highest BCUT2D eigenvalue weighted by Crippen LogP contribution is 2.43. The van der Waals surface area contributed by atoms with Gasteiger partial charge in [-0.05, 0) is 29.7 Å². The van der Waals surface area contributed by atoms with Crippen LogP contribution in [0.2, 0.25) is 0 Å². The topological polar surface area (TPSA) is 40.8 Å². The lowest BCUT2D eigenvalue weighted by molar-refractivity contribution is -0.686. The average Bonchev–Trinajstić information content (AvgIpc) is 3.14. The third-order valence-electron chi connectivity index (χ3n) is 5.01. The van der Waals surface area contributed by atoms with E-state index >= 15 is 0 Å². The van der Waals surface area contributed by atoms with Crippen LogP contribution in [0.3, 0.4) is 0 Å². The van der Waals surface area contributed by atoms with Crippen LogP contribution in [0.15, 0.2) is 36.5 Å². The van der Waals surface area contributed by atoms with Gasteiger partial charge in [-0.2, -0.15) is 4.57 Å². The summed E-state index contributed by atoms with van der Waals surface area (Å²) >= 11 is 0. The van der Waals surface area contributed by atoms with Crippen molar-refractivity contribution in [2.45, 2.75) is 13.0 Å². The van der Waals surface area contributed by atoms with Crippen molar-refractivity contribution in [2.24, 2.45) is 0 Å². The first kappa shape index (κ1) is 16.8. The number of aromatic nitrogens is 1. The Balaban J connectivity index is 0.00000168. The average molecular weight is 372 g/mol. The zero-order valence-corrected chi connectivity index (χ0v) is 15.3. The Morgan fingerprint density at radius 1 is 0.962 bits per heavy atom. The molecule has 6 heteroatoms. The number of hydrogen-bond donors (Lipinski definition) is 0. The van der Waals surface area contributed by atoms with Crippen LogP contribution in [0.4, 0.5) is 0 Å². The summed E-state index contributed by atoms with van der Waals surface area (Å²) in [5.41, 5.74) is 3.61. The van der Waals surface area contributed by atoms with Crippen molar-refractivity contribution in [1.82, 2.24) is 0 Å². The summed E-state index contributed by atoms with van der Waals surface area (Å²) < 4.78 is 24.4. The van der Waals surface area contributed by atoms with Crippen LogP contribution in [-0.2, 0) is 13.0 Å². The van der Waals surface area contributed by atoms with E-state index in [1.54, 1.807) is 14.2 Å². The molecule has 0 saturated carbocycles. The molecule has 0 amide bonds. The summed E-state index contributed by atoms with van der Waals surface area (Å²) in [7, 11) is 3.32. The molecular weight excluding hydrogens is 354 g/mol. The van der Waals surface area contributed by atoms with Gasteiger partial charge in [-0.1, -0.05) is 0 Å². The molecule has 2 aliphatic heterocycles. The second-order valence-corrected chi connectivity index (χ2v) is 6.26. The zero-order valence-electron chi connectivity index (χ0n) is 14.5. The van der Waals surface area contributed by atoms with Gasteiger partial charge in [0.25, 0.3) is 0 Å². The van der Waals surface area contributed by atoms with Crippen molar-refractivity contribution < 1.29 is 35.9 Å². The molecule has 5 nitrogen and oxygen atoms in total. The molecule has 0 aliphatic carbocycles. The van der Waals surface area contributed by atoms with E-state index in [0.717, 1.165) is 46.7 Å². The molecule has 2 aromatic carbocycles. The van der Waals surface area contributed by atoms with Gasteiger partial charge in [-0.15, -0.1) is 0 Å². The minimum atomic E-state index is 0. The molecule has 0 saturated heterocycles. The Bertz CT molecular complexity index is 1020. The molecule has 0 N–H and O–H groups in total. The normalized spacial score (nSPS) is 13.6. The van der Waals surface area contributed by atoms with Crippen molar-refractivity contribution in [3.05, 3.63) is 42.1 Å². The third kappa shape index (κ3) is 2.35. The van der Waals surface area contributed by atoms with Crippen LogP contribution in [0.5, 0.6) is 23.0 Å². The van der Waals surface area contributed by atoms with E-state index in [9.17, 15) is 0 Å². The van der Waals surface area contributed by atoms with Crippen LogP contribution in [0.25, 0.3) is 22.0 Å². The molecule has 0 fully saturated rings. The fourth-order valence-corrected chi connectivity index (χ4v) is 3.78. The molecule has 1 aromatic heterocycles. The summed E-state index contributed by atoms with van der Waals surface area (Å²) in [5.74, 6) is 3.23. The Morgan fingerprint density at radius 3 is 2.50 bits per heavy atom. The molecule has 3 heterocycles. The number of methoxy groups -OCH3 is 2. The van der Waals surface area contributed by atoms with Gasteiger partial charge in [0.2, 0.25) is 12.5 Å². The van der Waals surface area contributed by atoms with Gasteiger partial charge >= 0.3 is 0 Å². The number of hydrogen-bond acceptors (Lipinski definition) is 4. The largest absolute Gasteiger partial charge is 1.00 e. The highest BCUT2D eigenvalue weighted by Gasteiger charge is 2.30. The maximum absolute atomic E-state index is 5.70. The molecule has 3 aromatic rings. The van der Waals surface area contributed by atoms with Gasteiger partial charge in [-0.3, -0.25) is 0 Å². The lowest BCUT2D eigenvalue weighted by Crippen LogP contribution is -3.00. The van der Waals surface area contributed by atoms with Crippen molar-refractivity contribution in [3.63, 3.8) is 0 Å². The lowest BCUT2D eigenvalue weighted by Gasteiger charge is -2.17. The molecule has 0 atom stereocenters. The van der Waals surface area contributed by atoms with Crippen molar-refractivity contribution >= 4 is 10.8 Å². The van der Waals surface area contributed by atoms with E-state index in [1.165, 1.54) is 16.8 Å². The van der Waals surface area contributed by atoms with E-state index in [0.29, 0.717) is 6.79 Å². The highest BCUT2D eigenvalue weighted by molar-refractivity contribution is 5.88. The first-order valence-electron chi connectivity index (χ1n) is 8.29. The van der Waals surface area contributed by atoms with Gasteiger partial charge in [0.15, 0.2) is 35.7 Å². The molecule has 2 aliphatic rings. The fraction of sp³-hybridized carbons (Fsp3) is 0.250. The van der Waals surface area contributed by atoms with Crippen molar-refractivity contribution in [3.8, 4) is 34.3 Å². The number of aryl methyl sites for hydroxylation is 1. The van der Waals surface area contributed by atoms with Crippen LogP contribution in [0.1, 0.15) is 5.56 Å². The lowest BCUT2D eigenvalue weighted by atomic mass is 9.94. The molecule has 0 unspecified atom stereocenters. The molecule has 0 bridgehead atoms. The molecule has 0 spiro atoms. The quantitative estimate of drug-likeness (QED) is 0.599.